The molecular weight excluding hydrogens is 1210 g/mol. The minimum atomic E-state index is -1.57. The maximum absolute atomic E-state index is 15.2. The van der Waals surface area contributed by atoms with E-state index in [-0.39, 0.29) is 50.6 Å². The van der Waals surface area contributed by atoms with Crippen LogP contribution in [0.1, 0.15) is 101 Å². The molecule has 3 saturated heterocycles. The quantitative estimate of drug-likeness (QED) is 0.118. The molecule has 3 aromatic carbocycles. The summed E-state index contributed by atoms with van der Waals surface area (Å²) in [6, 6.07) is 18.9. The number of rotatable bonds is 12. The number of hydrogen-bond donors (Lipinski definition) is 6. The minimum absolute atomic E-state index is 0.0347. The van der Waals surface area contributed by atoms with Crippen molar-refractivity contribution in [2.75, 3.05) is 80.5 Å². The van der Waals surface area contributed by atoms with E-state index in [2.05, 4.69) is 36.9 Å². The lowest BCUT2D eigenvalue weighted by Gasteiger charge is -2.37. The van der Waals surface area contributed by atoms with Crippen molar-refractivity contribution in [3.8, 4) is 5.75 Å². The largest absolute Gasteiger partial charge is 0.486 e. The van der Waals surface area contributed by atoms with Crippen molar-refractivity contribution in [3.63, 3.8) is 0 Å². The highest BCUT2D eigenvalue weighted by atomic mass is 16.5. The summed E-state index contributed by atoms with van der Waals surface area (Å²) >= 11 is 0. The molecule has 12 amide bonds. The summed E-state index contributed by atoms with van der Waals surface area (Å²) in [5.41, 5.74) is 1.70. The predicted octanol–water partition coefficient (Wildman–Crippen LogP) is 2.11. The molecule has 3 fully saturated rings. The first-order valence-electron chi connectivity index (χ1n) is 32.1. The molecule has 506 valence electrons. The van der Waals surface area contributed by atoms with E-state index in [9.17, 15) is 52.7 Å². The average Bonchev–Trinajstić information content (AvgIpc) is 0.862. The van der Waals surface area contributed by atoms with Gasteiger partial charge in [-0.25, -0.2) is 9.78 Å². The highest BCUT2D eigenvalue weighted by Gasteiger charge is 2.41. The summed E-state index contributed by atoms with van der Waals surface area (Å²) in [5.74, 6) is -8.87. The summed E-state index contributed by atoms with van der Waals surface area (Å²) in [7, 11) is 5.46. The van der Waals surface area contributed by atoms with Gasteiger partial charge in [0, 0.05) is 59.8 Å². The zero-order valence-electron chi connectivity index (χ0n) is 54.9. The highest BCUT2D eigenvalue weighted by molar-refractivity contribution is 6.02. The summed E-state index contributed by atoms with van der Waals surface area (Å²) in [4.78, 5) is 183. The van der Waals surface area contributed by atoms with Crippen LogP contribution in [0.5, 0.6) is 5.75 Å². The summed E-state index contributed by atoms with van der Waals surface area (Å²) < 4.78 is 11.7. The van der Waals surface area contributed by atoms with Crippen LogP contribution in [0.15, 0.2) is 91.0 Å². The molecule has 0 bridgehead atoms. The van der Waals surface area contributed by atoms with Crippen molar-refractivity contribution >= 4 is 82.0 Å². The van der Waals surface area contributed by atoms with Gasteiger partial charge in [0.05, 0.1) is 31.7 Å². The lowest BCUT2D eigenvalue weighted by molar-refractivity contribution is -0.146. The third kappa shape index (κ3) is 19.0. The van der Waals surface area contributed by atoms with Crippen LogP contribution in [0.25, 0.3) is 10.9 Å². The molecule has 8 atom stereocenters. The number of alkyl carbamates (subject to hydrolysis) is 1. The first-order chi connectivity index (χ1) is 45.0. The molecule has 3 aliphatic heterocycles. The van der Waals surface area contributed by atoms with E-state index in [0.717, 1.165) is 15.4 Å². The summed E-state index contributed by atoms with van der Waals surface area (Å²) in [5, 5.41) is 16.7. The van der Waals surface area contributed by atoms with Crippen molar-refractivity contribution in [3.05, 3.63) is 108 Å². The zero-order valence-corrected chi connectivity index (χ0v) is 54.9. The van der Waals surface area contributed by atoms with E-state index in [4.69, 9.17) is 9.47 Å². The fourth-order valence-electron chi connectivity index (χ4n) is 11.6. The van der Waals surface area contributed by atoms with Crippen LogP contribution >= 0.6 is 0 Å². The van der Waals surface area contributed by atoms with Crippen LogP contribution in [0, 0.1) is 11.8 Å². The van der Waals surface area contributed by atoms with Crippen LogP contribution in [-0.4, -0.2) is 222 Å². The number of nitrogens with zero attached hydrogens (tertiary/aromatic N) is 7. The number of piperidine rings is 2. The molecule has 4 heterocycles. The lowest BCUT2D eigenvalue weighted by atomic mass is 9.96. The average molecular weight is 1300 g/mol. The van der Waals surface area contributed by atoms with E-state index >= 15 is 4.79 Å². The Labute approximate surface area is 547 Å². The Hall–Kier alpha value is -9.69. The van der Waals surface area contributed by atoms with Crippen molar-refractivity contribution in [1.29, 1.82) is 0 Å². The number of hydrogen-bond acceptors (Lipinski definition) is 15. The SMILES string of the molecule is CC[C@H](C)[C@H]1C(=O)NC[C@@H](NC(=O)c2nc3ccccc3cc2OCc2ccccc2)C(=O)N2CCCC[C@H]2C(=O)NCC(=O)N(C)CC(=O)N(C)[C@@H]([C@@H](C)CC)C(=O)NC[C@@H](NC(=O)OCc2ccccc2)C(=O)N2CCCC[C@H]2C(=O)NCC(=O)N(C)CC(=O)N1C. The fraction of sp³-hybridized carbons (Fsp3) is 0.507. The molecule has 0 saturated carbocycles. The van der Waals surface area contributed by atoms with Crippen LogP contribution in [0.3, 0.4) is 0 Å². The van der Waals surface area contributed by atoms with Gasteiger partial charge in [0.2, 0.25) is 59.1 Å². The van der Waals surface area contributed by atoms with Gasteiger partial charge >= 0.3 is 6.09 Å². The third-order valence-corrected chi connectivity index (χ3v) is 17.6. The Morgan fingerprint density at radius 2 is 1.00 bits per heavy atom. The molecule has 3 aliphatic rings. The Balaban J connectivity index is 1.19. The van der Waals surface area contributed by atoms with Gasteiger partial charge in [-0.3, -0.25) is 52.7 Å². The number of fused-ring (bicyclic) bond motifs is 3. The number of carbonyl (C=O) groups is 12. The van der Waals surface area contributed by atoms with E-state index in [1.807, 2.05) is 44.2 Å². The first kappa shape index (κ1) is 71.7. The van der Waals surface area contributed by atoms with Gasteiger partial charge in [0.1, 0.15) is 49.5 Å². The molecule has 1 aromatic heterocycles. The number of para-hydroxylation sites is 1. The molecule has 27 heteroatoms. The topological polar surface area (TPSA) is 328 Å². The number of likely N-dealkylation sites (N-methyl/N-ethyl adjacent to an activating group) is 4. The smallest absolute Gasteiger partial charge is 0.408 e. The first-order valence-corrected chi connectivity index (χ1v) is 32.1. The number of ether oxygens (including phenoxy) is 2. The molecule has 6 N–H and O–H groups in total. The van der Waals surface area contributed by atoms with Gasteiger partial charge in [-0.05, 0) is 73.6 Å². The Bertz CT molecular complexity index is 3380. The van der Waals surface area contributed by atoms with E-state index < -0.39 is 158 Å². The van der Waals surface area contributed by atoms with Crippen LogP contribution in [0.2, 0.25) is 0 Å². The second-order valence-electron chi connectivity index (χ2n) is 24.3. The number of aromatic nitrogens is 1. The van der Waals surface area contributed by atoms with E-state index in [0.29, 0.717) is 55.0 Å². The van der Waals surface area contributed by atoms with Crippen molar-refractivity contribution in [2.24, 2.45) is 11.8 Å². The van der Waals surface area contributed by atoms with Gasteiger partial charge in [-0.15, -0.1) is 0 Å². The van der Waals surface area contributed by atoms with Crippen molar-refractivity contribution < 1.29 is 67.0 Å². The number of amides is 12. The van der Waals surface area contributed by atoms with Crippen LogP contribution in [0.4, 0.5) is 4.79 Å². The highest BCUT2D eigenvalue weighted by Crippen LogP contribution is 2.26. The second-order valence-corrected chi connectivity index (χ2v) is 24.3. The lowest BCUT2D eigenvalue weighted by Crippen LogP contribution is -2.61. The molecule has 0 spiro atoms. The maximum atomic E-state index is 15.2. The molecule has 94 heavy (non-hydrogen) atoms. The Kier molecular flexibility index (Phi) is 26.2. The van der Waals surface area contributed by atoms with E-state index in [1.165, 1.54) is 47.8 Å². The molecule has 4 aromatic rings. The van der Waals surface area contributed by atoms with Crippen LogP contribution in [-0.2, 0) is 65.9 Å². The summed E-state index contributed by atoms with van der Waals surface area (Å²) in [6.07, 6.45) is 2.02. The molecule has 0 radical (unpaired) electrons. The van der Waals surface area contributed by atoms with Gasteiger partial charge in [0.25, 0.3) is 5.91 Å². The molecule has 0 aliphatic carbocycles. The van der Waals surface area contributed by atoms with Crippen LogP contribution < -0.4 is 36.6 Å². The normalized spacial score (nSPS) is 22.7. The maximum Gasteiger partial charge on any atom is 0.408 e. The van der Waals surface area contributed by atoms with Gasteiger partial charge in [0.15, 0.2) is 11.4 Å². The van der Waals surface area contributed by atoms with Crippen molar-refractivity contribution in [2.45, 2.75) is 129 Å². The molecule has 0 unspecified atom stereocenters. The Morgan fingerprint density at radius 3 is 1.48 bits per heavy atom. The van der Waals surface area contributed by atoms with Gasteiger partial charge in [-0.1, -0.05) is 119 Å². The Morgan fingerprint density at radius 1 is 0.553 bits per heavy atom. The van der Waals surface area contributed by atoms with Crippen molar-refractivity contribution in [1.82, 2.24) is 66.3 Å². The monoisotopic (exact) mass is 1300 g/mol. The fourth-order valence-corrected chi connectivity index (χ4v) is 11.6. The third-order valence-electron chi connectivity index (χ3n) is 17.6. The molecule has 7 rings (SSSR count). The number of benzene rings is 3. The standard InChI is InChI=1S/C67H89N13O14/c1-9-42(3)58-63(88)68-34-48(73-62(87)57-52(93-40-44-23-13-11-14-24-44)33-46-27-17-18-28-47(46)72-57)65(90)79-31-21-19-29-50(79)60(85)70-36-53(81)76(6)39-56(84)78(8)59(43(4)10-2)64(89)69-35-49(74-67(92)94-41-45-25-15-12-16-26-45)66(91)80-32-22-20-30-51(80)61(86)71-37-54(82)75(5)38-55(83)77(58)7/h11-18,23-28,33,42-43,48-51,58-59H,9-10,19-22,29-32,34-41H2,1-8H3,(H,68,88)(H,69,89)(H,70,85)(H,71,86)(H,73,87)(H,74,92)/t42-,43-,48+,49+,50-,51-,58-,59-/m0/s1. The number of pyridine rings is 1. The zero-order chi connectivity index (χ0) is 68.2. The second kappa shape index (κ2) is 34.3. The van der Waals surface area contributed by atoms with E-state index in [1.54, 1.807) is 74.5 Å². The summed E-state index contributed by atoms with van der Waals surface area (Å²) in [6.45, 7) is 3.69. The number of nitrogens with one attached hydrogen (secondary N) is 6. The molecular formula is C67H89N13O14. The predicted molar refractivity (Wildman–Crippen MR) is 345 cm³/mol. The van der Waals surface area contributed by atoms with Gasteiger partial charge < -0.3 is 70.8 Å². The number of carbonyl (C=O) groups excluding carboxylic acids is 12. The van der Waals surface area contributed by atoms with Gasteiger partial charge in [-0.2, -0.15) is 0 Å². The molecule has 27 nitrogen and oxygen atoms in total. The minimum Gasteiger partial charge on any atom is -0.486 e.